The van der Waals surface area contributed by atoms with Gasteiger partial charge in [0.2, 0.25) is 5.91 Å². The van der Waals surface area contributed by atoms with Crippen molar-refractivity contribution in [2.75, 3.05) is 12.4 Å². The van der Waals surface area contributed by atoms with Crippen LogP contribution in [0.2, 0.25) is 0 Å². The van der Waals surface area contributed by atoms with Gasteiger partial charge in [-0.2, -0.15) is 0 Å². The predicted molar refractivity (Wildman–Crippen MR) is 120 cm³/mol. The third-order valence-electron chi connectivity index (χ3n) is 5.01. The fourth-order valence-electron chi connectivity index (χ4n) is 3.26. The Morgan fingerprint density at radius 2 is 1.65 bits per heavy atom. The van der Waals surface area contributed by atoms with E-state index < -0.39 is 11.0 Å². The van der Waals surface area contributed by atoms with Crippen molar-refractivity contribution in [2.45, 2.75) is 25.9 Å². The molecule has 2 N–H and O–H groups in total. The summed E-state index contributed by atoms with van der Waals surface area (Å²) in [5.41, 5.74) is 3.34. The van der Waals surface area contributed by atoms with Gasteiger partial charge in [0.05, 0.1) is 29.8 Å². The van der Waals surface area contributed by atoms with Crippen LogP contribution in [-0.2, 0) is 4.79 Å². The van der Waals surface area contributed by atoms with E-state index in [2.05, 4.69) is 10.6 Å². The minimum atomic E-state index is -0.588. The molecule has 0 aromatic heterocycles. The highest BCUT2D eigenvalue weighted by atomic mass is 16.6. The van der Waals surface area contributed by atoms with Gasteiger partial charge in [-0.3, -0.25) is 20.2 Å². The van der Waals surface area contributed by atoms with Gasteiger partial charge in [-0.1, -0.05) is 60.2 Å². The second-order valence-electron chi connectivity index (χ2n) is 7.27. The summed E-state index contributed by atoms with van der Waals surface area (Å²) in [6.45, 7) is 3.78. The maximum Gasteiger partial charge on any atom is 0.271 e. The number of aryl methyl sites for hydroxylation is 1. The van der Waals surface area contributed by atoms with Crippen LogP contribution in [0, 0.1) is 17.0 Å². The van der Waals surface area contributed by atoms with Crippen molar-refractivity contribution >= 4 is 17.3 Å². The summed E-state index contributed by atoms with van der Waals surface area (Å²) in [6, 6.07) is 21.3. The molecule has 7 nitrogen and oxygen atoms in total. The first kappa shape index (κ1) is 22.0. The normalized spacial score (nSPS) is 12.6. The van der Waals surface area contributed by atoms with Gasteiger partial charge >= 0.3 is 0 Å². The average molecular weight is 419 g/mol. The Morgan fingerprint density at radius 1 is 1.00 bits per heavy atom. The summed E-state index contributed by atoms with van der Waals surface area (Å²) < 4.78 is 5.23. The molecule has 0 unspecified atom stereocenters. The van der Waals surface area contributed by atoms with E-state index in [0.29, 0.717) is 5.75 Å². The summed E-state index contributed by atoms with van der Waals surface area (Å²) >= 11 is 0. The fourth-order valence-corrected chi connectivity index (χ4v) is 3.26. The van der Waals surface area contributed by atoms with Crippen LogP contribution in [0.3, 0.4) is 0 Å². The number of nitrogens with one attached hydrogen (secondary N) is 2. The Hall–Kier alpha value is -3.71. The third kappa shape index (κ3) is 5.46. The lowest BCUT2D eigenvalue weighted by Crippen LogP contribution is -2.40. The number of nitro groups is 1. The van der Waals surface area contributed by atoms with Crippen LogP contribution in [0.1, 0.15) is 29.7 Å². The zero-order chi connectivity index (χ0) is 22.4. The summed E-state index contributed by atoms with van der Waals surface area (Å²) in [7, 11) is 1.45. The fraction of sp³-hybridized carbons (Fsp3) is 0.208. The molecule has 1 amide bonds. The van der Waals surface area contributed by atoms with Crippen LogP contribution in [0.15, 0.2) is 72.8 Å². The van der Waals surface area contributed by atoms with Gasteiger partial charge in [-0.15, -0.1) is 0 Å². The molecule has 0 aliphatic heterocycles. The first-order chi connectivity index (χ1) is 14.9. The highest BCUT2D eigenvalue weighted by Crippen LogP contribution is 2.29. The molecule has 160 valence electrons. The number of carbonyl (C=O) groups is 1. The predicted octanol–water partition coefficient (Wildman–Crippen LogP) is 4.62. The van der Waals surface area contributed by atoms with Crippen LogP contribution < -0.4 is 15.4 Å². The van der Waals surface area contributed by atoms with Crippen molar-refractivity contribution in [3.05, 3.63) is 99.6 Å². The van der Waals surface area contributed by atoms with E-state index in [1.54, 1.807) is 6.92 Å². The molecule has 31 heavy (non-hydrogen) atoms. The number of nitrogens with zero attached hydrogens (tertiary/aromatic N) is 1. The molecule has 2 atom stereocenters. The average Bonchev–Trinajstić information content (AvgIpc) is 2.78. The molecule has 0 bridgehead atoms. The molecule has 0 radical (unpaired) electrons. The molecule has 0 saturated carbocycles. The number of carbonyl (C=O) groups excluding carboxylic acids is 1. The molecule has 3 rings (SSSR count). The Bertz CT molecular complexity index is 1050. The zero-order valence-electron chi connectivity index (χ0n) is 17.7. The Morgan fingerprint density at radius 3 is 2.26 bits per heavy atom. The molecule has 0 aliphatic carbocycles. The van der Waals surface area contributed by atoms with Crippen LogP contribution in [0.4, 0.5) is 11.4 Å². The van der Waals surface area contributed by atoms with E-state index in [1.807, 2.05) is 61.5 Å². The number of benzene rings is 3. The van der Waals surface area contributed by atoms with Crippen LogP contribution in [0.5, 0.6) is 5.75 Å². The number of methoxy groups -OCH3 is 1. The van der Waals surface area contributed by atoms with E-state index in [9.17, 15) is 14.9 Å². The zero-order valence-corrected chi connectivity index (χ0v) is 17.7. The van der Waals surface area contributed by atoms with Gasteiger partial charge in [-0.25, -0.2) is 0 Å². The number of ether oxygens (including phenoxy) is 1. The minimum absolute atomic E-state index is 0.126. The van der Waals surface area contributed by atoms with Gasteiger partial charge in [0.15, 0.2) is 0 Å². The minimum Gasteiger partial charge on any atom is -0.495 e. The Labute approximate surface area is 181 Å². The second-order valence-corrected chi connectivity index (χ2v) is 7.27. The molecule has 0 heterocycles. The highest BCUT2D eigenvalue weighted by molar-refractivity contribution is 5.96. The van der Waals surface area contributed by atoms with Crippen molar-refractivity contribution in [3.63, 3.8) is 0 Å². The van der Waals surface area contributed by atoms with Crippen molar-refractivity contribution in [1.29, 1.82) is 0 Å². The Balaban J connectivity index is 1.83. The van der Waals surface area contributed by atoms with E-state index in [0.717, 1.165) is 16.7 Å². The SMILES string of the molecule is COc1ccc([N+](=O)[O-])cc1NC(=O)[C@H](C)N[C@H](c1ccccc1)c1ccc(C)cc1. The number of rotatable bonds is 8. The van der Waals surface area contributed by atoms with Crippen molar-refractivity contribution in [1.82, 2.24) is 5.32 Å². The molecule has 0 aliphatic rings. The summed E-state index contributed by atoms with van der Waals surface area (Å²) in [4.78, 5) is 23.5. The van der Waals surface area contributed by atoms with Crippen molar-refractivity contribution < 1.29 is 14.5 Å². The lowest BCUT2D eigenvalue weighted by Gasteiger charge is -2.24. The first-order valence-electron chi connectivity index (χ1n) is 9.90. The van der Waals surface area contributed by atoms with E-state index in [1.165, 1.54) is 25.3 Å². The molecular weight excluding hydrogens is 394 g/mol. The maximum absolute atomic E-state index is 12.9. The van der Waals surface area contributed by atoms with Crippen molar-refractivity contribution in [2.24, 2.45) is 0 Å². The van der Waals surface area contributed by atoms with Gasteiger partial charge in [0.1, 0.15) is 5.75 Å². The molecular formula is C24H25N3O4. The number of amides is 1. The second kappa shape index (κ2) is 9.86. The molecule has 3 aromatic carbocycles. The molecule has 0 saturated heterocycles. The highest BCUT2D eigenvalue weighted by Gasteiger charge is 2.22. The monoisotopic (exact) mass is 419 g/mol. The van der Waals surface area contributed by atoms with Gasteiger partial charge in [0, 0.05) is 12.1 Å². The van der Waals surface area contributed by atoms with Crippen LogP contribution in [0.25, 0.3) is 0 Å². The number of non-ortho nitro benzene ring substituents is 1. The summed E-state index contributed by atoms with van der Waals surface area (Å²) in [5, 5.41) is 17.2. The van der Waals surface area contributed by atoms with E-state index in [-0.39, 0.29) is 23.3 Å². The molecule has 7 heteroatoms. The first-order valence-corrected chi connectivity index (χ1v) is 9.90. The van der Waals surface area contributed by atoms with Crippen LogP contribution >= 0.6 is 0 Å². The van der Waals surface area contributed by atoms with Crippen molar-refractivity contribution in [3.8, 4) is 5.75 Å². The van der Waals surface area contributed by atoms with E-state index in [4.69, 9.17) is 4.74 Å². The van der Waals surface area contributed by atoms with Gasteiger partial charge in [0.25, 0.3) is 5.69 Å². The maximum atomic E-state index is 12.9. The third-order valence-corrected chi connectivity index (χ3v) is 5.01. The van der Waals surface area contributed by atoms with Gasteiger partial charge in [-0.05, 0) is 31.0 Å². The number of hydrogen-bond donors (Lipinski definition) is 2. The molecule has 0 spiro atoms. The lowest BCUT2D eigenvalue weighted by atomic mass is 9.97. The van der Waals surface area contributed by atoms with Gasteiger partial charge < -0.3 is 10.1 Å². The summed E-state index contributed by atoms with van der Waals surface area (Å²) in [5.74, 6) is 0.0242. The Kier molecular flexibility index (Phi) is 6.99. The topological polar surface area (TPSA) is 93.5 Å². The van der Waals surface area contributed by atoms with Crippen LogP contribution in [-0.4, -0.2) is 24.0 Å². The quantitative estimate of drug-likeness (QED) is 0.411. The molecule has 0 fully saturated rings. The number of nitro benzene ring substituents is 1. The standard InChI is InChI=1S/C24H25N3O4/c1-16-9-11-19(12-10-16)23(18-7-5-4-6-8-18)25-17(2)24(28)26-21-15-20(27(29)30)13-14-22(21)31-3/h4-15,17,23,25H,1-3H3,(H,26,28)/t17-,23+/m0/s1. The smallest absolute Gasteiger partial charge is 0.271 e. The summed E-state index contributed by atoms with van der Waals surface area (Å²) in [6.07, 6.45) is 0. The lowest BCUT2D eigenvalue weighted by molar-refractivity contribution is -0.384. The van der Waals surface area contributed by atoms with E-state index >= 15 is 0 Å². The largest absolute Gasteiger partial charge is 0.495 e. The number of anilines is 1. The number of hydrogen-bond acceptors (Lipinski definition) is 5. The molecule has 3 aromatic rings.